The highest BCUT2D eigenvalue weighted by Crippen LogP contribution is 2.36. The number of aromatic nitrogens is 5. The lowest BCUT2D eigenvalue weighted by atomic mass is 10.2. The Labute approximate surface area is 191 Å². The van der Waals surface area contributed by atoms with Gasteiger partial charge in [-0.2, -0.15) is 4.98 Å². The second-order valence-corrected chi connectivity index (χ2v) is 7.40. The molecule has 0 aliphatic carbocycles. The highest BCUT2D eigenvalue weighted by atomic mass is 19.3. The highest BCUT2D eigenvalue weighted by Gasteiger charge is 2.50. The van der Waals surface area contributed by atoms with E-state index in [4.69, 9.17) is 14.2 Å². The third-order valence-corrected chi connectivity index (χ3v) is 5.05. The first-order chi connectivity index (χ1) is 16.2. The van der Waals surface area contributed by atoms with E-state index in [0.717, 1.165) is 12.3 Å². The molecule has 0 amide bonds. The average molecular weight is 480 g/mol. The third-order valence-electron chi connectivity index (χ3n) is 5.05. The molecule has 13 heteroatoms. The Bertz CT molecular complexity index is 1180. The van der Waals surface area contributed by atoms with E-state index in [0.29, 0.717) is 17.1 Å². The first kappa shape index (κ1) is 23.4. The van der Waals surface area contributed by atoms with Crippen LogP contribution < -0.4 is 19.1 Å². The van der Waals surface area contributed by atoms with Crippen LogP contribution in [-0.4, -0.2) is 64.3 Å². The lowest BCUT2D eigenvalue weighted by Gasteiger charge is -2.19. The number of methoxy groups -OCH3 is 2. The summed E-state index contributed by atoms with van der Waals surface area (Å²) in [5.74, 6) is -2.63. The fraction of sp³-hybridized carbons (Fsp3) is 0.381. The van der Waals surface area contributed by atoms with Crippen molar-refractivity contribution in [3.8, 4) is 28.9 Å². The van der Waals surface area contributed by atoms with Crippen LogP contribution in [0.25, 0.3) is 11.3 Å². The molecule has 0 spiro atoms. The van der Waals surface area contributed by atoms with Gasteiger partial charge < -0.3 is 19.1 Å². The molecule has 180 valence electrons. The standard InChI is InChI=1S/C21H20F4N6O3/c1-11-28-14(13-8-27-20(33-3)30-19(13)32-2)7-17(29-11)31-9-16(21(24,25)10-31)34-12-4-5-26-15(6-12)18(22)23/h4-8,16,18H,9-10H2,1-3H3/t16-/m0/s1. The summed E-state index contributed by atoms with van der Waals surface area (Å²) in [5.41, 5.74) is 0.234. The van der Waals surface area contributed by atoms with Crippen LogP contribution >= 0.6 is 0 Å². The minimum Gasteiger partial charge on any atom is -0.482 e. The first-order valence-corrected chi connectivity index (χ1v) is 10.0. The summed E-state index contributed by atoms with van der Waals surface area (Å²) in [5, 5.41) is 0. The second kappa shape index (κ2) is 9.23. The number of rotatable bonds is 7. The number of halogens is 4. The van der Waals surface area contributed by atoms with Gasteiger partial charge in [-0.05, 0) is 13.0 Å². The number of anilines is 1. The first-order valence-electron chi connectivity index (χ1n) is 10.0. The minimum atomic E-state index is -3.27. The Morgan fingerprint density at radius 1 is 1.09 bits per heavy atom. The van der Waals surface area contributed by atoms with E-state index in [9.17, 15) is 17.6 Å². The molecule has 0 aromatic carbocycles. The molecule has 34 heavy (non-hydrogen) atoms. The Kier molecular flexibility index (Phi) is 6.35. The zero-order valence-corrected chi connectivity index (χ0v) is 18.4. The quantitative estimate of drug-likeness (QED) is 0.471. The molecule has 1 saturated heterocycles. The van der Waals surface area contributed by atoms with Gasteiger partial charge in [-0.3, -0.25) is 4.98 Å². The smallest absolute Gasteiger partial charge is 0.319 e. The maximum atomic E-state index is 14.8. The summed E-state index contributed by atoms with van der Waals surface area (Å²) in [4.78, 5) is 21.7. The number of aryl methyl sites for hydroxylation is 1. The Morgan fingerprint density at radius 2 is 1.88 bits per heavy atom. The van der Waals surface area contributed by atoms with Gasteiger partial charge in [0.05, 0.1) is 38.6 Å². The number of hydrogen-bond acceptors (Lipinski definition) is 9. The Hall–Kier alpha value is -3.77. The largest absolute Gasteiger partial charge is 0.482 e. The topological polar surface area (TPSA) is 95.4 Å². The predicted molar refractivity (Wildman–Crippen MR) is 112 cm³/mol. The van der Waals surface area contributed by atoms with Crippen molar-refractivity contribution in [2.45, 2.75) is 25.4 Å². The van der Waals surface area contributed by atoms with E-state index in [1.165, 1.54) is 37.4 Å². The average Bonchev–Trinajstić information content (AvgIpc) is 3.12. The highest BCUT2D eigenvalue weighted by molar-refractivity contribution is 5.67. The number of alkyl halides is 4. The van der Waals surface area contributed by atoms with Crippen LogP contribution in [0.15, 0.2) is 30.6 Å². The van der Waals surface area contributed by atoms with Gasteiger partial charge in [-0.15, -0.1) is 0 Å². The maximum absolute atomic E-state index is 14.8. The van der Waals surface area contributed by atoms with Crippen molar-refractivity contribution in [2.24, 2.45) is 0 Å². The molecule has 0 unspecified atom stereocenters. The number of ether oxygens (including phenoxy) is 3. The molecular formula is C21H20F4N6O3. The van der Waals surface area contributed by atoms with Crippen molar-refractivity contribution < 1.29 is 31.8 Å². The van der Waals surface area contributed by atoms with Crippen LogP contribution in [0.1, 0.15) is 17.9 Å². The summed E-state index contributed by atoms with van der Waals surface area (Å²) in [6, 6.07) is 3.82. The Balaban J connectivity index is 1.61. The number of hydrogen-bond donors (Lipinski definition) is 0. The van der Waals surface area contributed by atoms with Crippen molar-refractivity contribution in [3.05, 3.63) is 42.1 Å². The Morgan fingerprint density at radius 3 is 2.59 bits per heavy atom. The lowest BCUT2D eigenvalue weighted by molar-refractivity contribution is -0.0595. The third kappa shape index (κ3) is 4.77. The fourth-order valence-electron chi connectivity index (χ4n) is 3.47. The van der Waals surface area contributed by atoms with Crippen LogP contribution in [0.5, 0.6) is 17.6 Å². The summed E-state index contributed by atoms with van der Waals surface area (Å²) in [6.07, 6.45) is -1.89. The molecule has 1 aliphatic heterocycles. The van der Waals surface area contributed by atoms with Gasteiger partial charge in [0.15, 0.2) is 6.10 Å². The molecular weight excluding hydrogens is 460 g/mol. The van der Waals surface area contributed by atoms with Gasteiger partial charge in [-0.25, -0.2) is 32.5 Å². The van der Waals surface area contributed by atoms with Gasteiger partial charge in [0.25, 0.3) is 6.43 Å². The van der Waals surface area contributed by atoms with Crippen molar-refractivity contribution in [3.63, 3.8) is 0 Å². The number of nitrogens with zero attached hydrogens (tertiary/aromatic N) is 6. The van der Waals surface area contributed by atoms with Crippen molar-refractivity contribution in [1.29, 1.82) is 0 Å². The van der Waals surface area contributed by atoms with Gasteiger partial charge in [-0.1, -0.05) is 0 Å². The SMILES string of the molecule is COc1ncc(-c2cc(N3C[C@H](Oc4ccnc(C(F)F)c4)C(F)(F)C3)nc(C)n2)c(OC)n1. The van der Waals surface area contributed by atoms with Crippen LogP contribution in [0.2, 0.25) is 0 Å². The molecule has 4 heterocycles. The summed E-state index contributed by atoms with van der Waals surface area (Å²) in [6.45, 7) is 0.705. The van der Waals surface area contributed by atoms with E-state index in [1.807, 2.05) is 0 Å². The molecule has 4 rings (SSSR count). The van der Waals surface area contributed by atoms with Gasteiger partial charge in [0, 0.05) is 24.5 Å². The number of pyridine rings is 1. The predicted octanol–water partition coefficient (Wildman–Crippen LogP) is 3.49. The summed E-state index contributed by atoms with van der Waals surface area (Å²) >= 11 is 0. The van der Waals surface area contributed by atoms with E-state index in [-0.39, 0.29) is 30.0 Å². The molecule has 9 nitrogen and oxygen atoms in total. The van der Waals surface area contributed by atoms with E-state index in [2.05, 4.69) is 24.9 Å². The molecule has 3 aromatic rings. The van der Waals surface area contributed by atoms with Gasteiger partial charge in [0.1, 0.15) is 23.1 Å². The molecule has 0 bridgehead atoms. The van der Waals surface area contributed by atoms with Crippen LogP contribution in [0.3, 0.4) is 0 Å². The van der Waals surface area contributed by atoms with E-state index in [1.54, 1.807) is 6.92 Å². The van der Waals surface area contributed by atoms with E-state index < -0.39 is 30.7 Å². The van der Waals surface area contributed by atoms with Crippen LogP contribution in [0.4, 0.5) is 23.4 Å². The van der Waals surface area contributed by atoms with Gasteiger partial charge >= 0.3 is 11.9 Å². The fourth-order valence-corrected chi connectivity index (χ4v) is 3.47. The molecule has 1 atom stereocenters. The van der Waals surface area contributed by atoms with Crippen LogP contribution in [-0.2, 0) is 0 Å². The normalized spacial score (nSPS) is 17.2. The van der Waals surface area contributed by atoms with E-state index >= 15 is 0 Å². The molecule has 1 aliphatic rings. The van der Waals surface area contributed by atoms with Crippen LogP contribution in [0, 0.1) is 6.92 Å². The van der Waals surface area contributed by atoms with Crippen molar-refractivity contribution in [2.75, 3.05) is 32.2 Å². The molecule has 3 aromatic heterocycles. The molecule has 0 N–H and O–H groups in total. The zero-order valence-electron chi connectivity index (χ0n) is 18.4. The molecule has 0 saturated carbocycles. The van der Waals surface area contributed by atoms with Crippen molar-refractivity contribution in [1.82, 2.24) is 24.9 Å². The minimum absolute atomic E-state index is 0.0943. The second-order valence-electron chi connectivity index (χ2n) is 7.40. The molecule has 1 fully saturated rings. The summed E-state index contributed by atoms with van der Waals surface area (Å²) in [7, 11) is 2.83. The molecule has 0 radical (unpaired) electrons. The van der Waals surface area contributed by atoms with Crippen molar-refractivity contribution >= 4 is 5.82 Å². The monoisotopic (exact) mass is 480 g/mol. The van der Waals surface area contributed by atoms with Gasteiger partial charge in [0.2, 0.25) is 5.88 Å². The maximum Gasteiger partial charge on any atom is 0.319 e. The zero-order chi connectivity index (χ0) is 24.5. The summed E-state index contributed by atoms with van der Waals surface area (Å²) < 4.78 is 71.0. The lowest BCUT2D eigenvalue weighted by Crippen LogP contribution is -2.36.